The van der Waals surface area contributed by atoms with Crippen LogP contribution in [0.1, 0.15) is 11.3 Å². The summed E-state index contributed by atoms with van der Waals surface area (Å²) in [5, 5.41) is 4.19. The molecule has 0 N–H and O–H groups in total. The van der Waals surface area contributed by atoms with Crippen molar-refractivity contribution in [3.05, 3.63) is 53.5 Å². The fraction of sp³-hybridized carbons (Fsp3) is 0.0909. The summed E-state index contributed by atoms with van der Waals surface area (Å²) in [4.78, 5) is 0. The summed E-state index contributed by atoms with van der Waals surface area (Å²) < 4.78 is 24.5. The molecule has 3 rings (SSSR count). The molecular formula is C11H9LiN2O2S. The largest absolute Gasteiger partial charge is 1.00 e. The van der Waals surface area contributed by atoms with E-state index in [1.54, 1.807) is 10.9 Å². The fourth-order valence-corrected chi connectivity index (χ4v) is 3.16. The molecule has 17 heavy (non-hydrogen) atoms. The van der Waals surface area contributed by atoms with Gasteiger partial charge in [0.2, 0.25) is 0 Å². The molecule has 1 aromatic carbocycles. The Labute approximate surface area is 112 Å². The van der Waals surface area contributed by atoms with Crippen LogP contribution in [0, 0.1) is 5.75 Å². The van der Waals surface area contributed by atoms with E-state index in [0.29, 0.717) is 5.69 Å². The zero-order chi connectivity index (χ0) is 11.2. The number of fused-ring (bicyclic) bond motifs is 1. The Hall–Kier alpha value is -1.15. The van der Waals surface area contributed by atoms with Gasteiger partial charge in [-0.15, -0.1) is 5.56 Å². The van der Waals surface area contributed by atoms with E-state index in [0.717, 1.165) is 11.3 Å². The molecule has 2 aromatic rings. The average molecular weight is 240 g/mol. The number of hydrogen-bond acceptors (Lipinski definition) is 3. The molecule has 4 nitrogen and oxygen atoms in total. The quantitative estimate of drug-likeness (QED) is 0.442. The minimum absolute atomic E-state index is 0. The van der Waals surface area contributed by atoms with Gasteiger partial charge in [-0.3, -0.25) is 4.68 Å². The normalized spacial score (nSPS) is 15.8. The number of rotatable bonds is 1. The zero-order valence-electron chi connectivity index (χ0n) is 9.37. The van der Waals surface area contributed by atoms with Gasteiger partial charge in [-0.2, -0.15) is 5.10 Å². The molecule has 0 spiro atoms. The van der Waals surface area contributed by atoms with Crippen LogP contribution in [0.2, 0.25) is 0 Å². The van der Waals surface area contributed by atoms with Crippen LogP contribution >= 0.6 is 0 Å². The summed E-state index contributed by atoms with van der Waals surface area (Å²) in [5.74, 6) is 1.36. The monoisotopic (exact) mass is 240 g/mol. The summed E-state index contributed by atoms with van der Waals surface area (Å²) in [6, 6.07) is 9.49. The number of benzene rings is 1. The number of sulfone groups is 1. The second-order valence-corrected chi connectivity index (χ2v) is 5.58. The van der Waals surface area contributed by atoms with E-state index in [4.69, 9.17) is 0 Å². The Balaban J connectivity index is 0.00000108. The minimum atomic E-state index is -3.08. The first-order valence-corrected chi connectivity index (χ1v) is 6.57. The van der Waals surface area contributed by atoms with Crippen molar-refractivity contribution >= 4 is 9.84 Å². The van der Waals surface area contributed by atoms with Gasteiger partial charge >= 0.3 is 18.9 Å². The molecule has 0 saturated heterocycles. The number of para-hydroxylation sites is 1. The molecule has 0 aliphatic carbocycles. The molecule has 1 aliphatic heterocycles. The van der Waals surface area contributed by atoms with Gasteiger partial charge < -0.3 is 0 Å². The van der Waals surface area contributed by atoms with Gasteiger partial charge in [-0.05, 0) is 18.3 Å². The van der Waals surface area contributed by atoms with Crippen molar-refractivity contribution < 1.29 is 27.3 Å². The second-order valence-electron chi connectivity index (χ2n) is 3.73. The summed E-state index contributed by atoms with van der Waals surface area (Å²) in [5.41, 5.74) is 2.31. The standard InChI is InChI=1S/C11H9N2O2S.Li/c14-16(15)7-9-6-12-13(11(9)8-16)10-4-2-1-3-5-10;/h1-6,8H,7H2;/q-1;+1. The van der Waals surface area contributed by atoms with Gasteiger partial charge in [-0.1, -0.05) is 29.6 Å². The van der Waals surface area contributed by atoms with E-state index >= 15 is 0 Å². The van der Waals surface area contributed by atoms with Crippen molar-refractivity contribution in [2.45, 2.75) is 5.75 Å². The first-order chi connectivity index (χ1) is 7.66. The van der Waals surface area contributed by atoms with E-state index in [-0.39, 0.29) is 24.6 Å². The molecule has 0 fully saturated rings. The summed E-state index contributed by atoms with van der Waals surface area (Å²) in [6.45, 7) is 0. The Morgan fingerprint density at radius 1 is 1.24 bits per heavy atom. The van der Waals surface area contributed by atoms with Gasteiger partial charge in [-0.25, -0.2) is 8.42 Å². The Morgan fingerprint density at radius 2 is 1.94 bits per heavy atom. The van der Waals surface area contributed by atoms with Gasteiger partial charge in [0.05, 0.1) is 15.5 Å². The van der Waals surface area contributed by atoms with Crippen LogP contribution in [0.5, 0.6) is 0 Å². The fourth-order valence-electron chi connectivity index (χ4n) is 1.83. The van der Waals surface area contributed by atoms with Gasteiger partial charge in [0.25, 0.3) is 0 Å². The van der Waals surface area contributed by atoms with Crippen molar-refractivity contribution in [3.8, 4) is 5.69 Å². The van der Waals surface area contributed by atoms with Gasteiger partial charge in [0.15, 0.2) is 0 Å². The molecule has 6 heteroatoms. The predicted octanol–water partition coefficient (Wildman–Crippen LogP) is -1.69. The molecular weight excluding hydrogens is 231 g/mol. The minimum Gasteiger partial charge on any atom is -0.270 e. The molecule has 0 amide bonds. The molecule has 0 bridgehead atoms. The first kappa shape index (κ1) is 12.3. The van der Waals surface area contributed by atoms with Gasteiger partial charge in [0.1, 0.15) is 0 Å². The van der Waals surface area contributed by atoms with Crippen LogP contribution < -0.4 is 18.9 Å². The van der Waals surface area contributed by atoms with E-state index in [9.17, 15) is 8.42 Å². The third kappa shape index (κ3) is 2.14. The van der Waals surface area contributed by atoms with E-state index < -0.39 is 9.84 Å². The van der Waals surface area contributed by atoms with Crippen molar-refractivity contribution in [2.75, 3.05) is 0 Å². The van der Waals surface area contributed by atoms with Crippen LogP contribution in [-0.2, 0) is 15.6 Å². The Morgan fingerprint density at radius 3 is 2.65 bits per heavy atom. The Bertz CT molecular complexity index is 635. The molecule has 0 unspecified atom stereocenters. The summed E-state index contributed by atoms with van der Waals surface area (Å²) >= 11 is 0. The summed E-state index contributed by atoms with van der Waals surface area (Å²) in [7, 11) is -3.08. The maximum absolute atomic E-state index is 11.4. The molecule has 0 radical (unpaired) electrons. The summed E-state index contributed by atoms with van der Waals surface area (Å²) in [6.07, 6.45) is 1.61. The maximum atomic E-state index is 11.4. The number of hydrogen-bond donors (Lipinski definition) is 0. The molecule has 0 saturated carbocycles. The number of aromatic nitrogens is 2. The third-order valence-electron chi connectivity index (χ3n) is 2.53. The van der Waals surface area contributed by atoms with E-state index in [1.165, 1.54) is 5.75 Å². The molecule has 1 aliphatic rings. The van der Waals surface area contributed by atoms with E-state index in [2.05, 4.69) is 5.10 Å². The molecule has 0 atom stereocenters. The third-order valence-corrected chi connectivity index (χ3v) is 3.83. The first-order valence-electron chi connectivity index (χ1n) is 4.85. The SMILES string of the molecule is O=S1(=O)[CH-]c2c(cnn2-c2ccccc2)C1.[Li+]. The van der Waals surface area contributed by atoms with Crippen molar-refractivity contribution in [2.24, 2.45) is 0 Å². The number of nitrogens with zero attached hydrogens (tertiary/aromatic N) is 2. The van der Waals surface area contributed by atoms with Gasteiger partial charge in [0, 0.05) is 5.75 Å². The van der Waals surface area contributed by atoms with Crippen molar-refractivity contribution in [3.63, 3.8) is 0 Å². The maximum Gasteiger partial charge on any atom is 1.00 e. The van der Waals surface area contributed by atoms with Crippen LogP contribution in [-0.4, -0.2) is 18.2 Å². The van der Waals surface area contributed by atoms with Crippen LogP contribution in [0.25, 0.3) is 5.69 Å². The Kier molecular flexibility index (Phi) is 3.09. The molecule has 2 heterocycles. The zero-order valence-corrected chi connectivity index (χ0v) is 10.2. The average Bonchev–Trinajstić information content (AvgIpc) is 2.74. The van der Waals surface area contributed by atoms with E-state index in [1.807, 2.05) is 30.3 Å². The molecule has 1 aromatic heterocycles. The van der Waals surface area contributed by atoms with Crippen molar-refractivity contribution in [1.82, 2.24) is 9.78 Å². The molecule has 82 valence electrons. The van der Waals surface area contributed by atoms with Crippen molar-refractivity contribution in [1.29, 1.82) is 0 Å². The van der Waals surface area contributed by atoms with Crippen LogP contribution in [0.3, 0.4) is 0 Å². The van der Waals surface area contributed by atoms with Crippen LogP contribution in [0.4, 0.5) is 0 Å². The second kappa shape index (κ2) is 4.26. The topological polar surface area (TPSA) is 52.0 Å². The van der Waals surface area contributed by atoms with Crippen LogP contribution in [0.15, 0.2) is 36.5 Å². The predicted molar refractivity (Wildman–Crippen MR) is 59.6 cm³/mol. The smallest absolute Gasteiger partial charge is 0.270 e.